The number of sulfone groups is 1. The fourth-order valence-electron chi connectivity index (χ4n) is 1.60. The molecule has 0 heterocycles. The topological polar surface area (TPSA) is 84.5 Å². The standard InChI is InChI=1S/C14H22N2O4S.ClH/c1-3-15-9-10-16-14(17)8-11-20-12-4-6-13(7-5-12)21(2,18)19;/h4-7,15H,3,8-11H2,1-2H3,(H,16,17);1H. The number of rotatable bonds is 9. The van der Waals surface area contributed by atoms with Crippen molar-refractivity contribution >= 4 is 28.2 Å². The number of hydrogen-bond donors (Lipinski definition) is 2. The maximum atomic E-state index is 11.5. The Morgan fingerprint density at radius 3 is 2.36 bits per heavy atom. The maximum absolute atomic E-state index is 11.5. The molecule has 1 rings (SSSR count). The summed E-state index contributed by atoms with van der Waals surface area (Å²) in [6.07, 6.45) is 1.42. The summed E-state index contributed by atoms with van der Waals surface area (Å²) in [6, 6.07) is 6.14. The minimum atomic E-state index is -3.19. The number of ether oxygens (including phenoxy) is 1. The highest BCUT2D eigenvalue weighted by Gasteiger charge is 2.06. The molecule has 0 bridgehead atoms. The summed E-state index contributed by atoms with van der Waals surface area (Å²) in [7, 11) is -3.19. The van der Waals surface area contributed by atoms with E-state index in [0.29, 0.717) is 12.3 Å². The van der Waals surface area contributed by atoms with Gasteiger partial charge in [-0.2, -0.15) is 0 Å². The normalized spacial score (nSPS) is 10.6. The summed E-state index contributed by atoms with van der Waals surface area (Å²) in [4.78, 5) is 11.7. The Balaban J connectivity index is 0.00000441. The highest BCUT2D eigenvalue weighted by molar-refractivity contribution is 7.90. The average Bonchev–Trinajstić information content (AvgIpc) is 2.43. The van der Waals surface area contributed by atoms with Crippen molar-refractivity contribution in [1.82, 2.24) is 10.6 Å². The predicted molar refractivity (Wildman–Crippen MR) is 88.5 cm³/mol. The molecule has 0 aromatic heterocycles. The molecule has 22 heavy (non-hydrogen) atoms. The van der Waals surface area contributed by atoms with Crippen molar-refractivity contribution in [3.63, 3.8) is 0 Å². The lowest BCUT2D eigenvalue weighted by Gasteiger charge is -2.08. The lowest BCUT2D eigenvalue weighted by atomic mass is 10.3. The Labute approximate surface area is 138 Å². The van der Waals surface area contributed by atoms with E-state index in [4.69, 9.17) is 4.74 Å². The first-order valence-corrected chi connectivity index (χ1v) is 8.73. The number of amides is 1. The predicted octanol–water partition coefficient (Wildman–Crippen LogP) is 1.01. The SMILES string of the molecule is CCNCCNC(=O)CCOc1ccc(S(C)(=O)=O)cc1.Cl. The Bertz CT molecular complexity index is 546. The van der Waals surface area contributed by atoms with E-state index in [1.807, 2.05) is 6.92 Å². The highest BCUT2D eigenvalue weighted by Crippen LogP contribution is 2.15. The number of halogens is 1. The van der Waals surface area contributed by atoms with E-state index in [1.165, 1.54) is 12.1 Å². The number of likely N-dealkylation sites (N-methyl/N-ethyl adjacent to an activating group) is 1. The van der Waals surface area contributed by atoms with Crippen LogP contribution < -0.4 is 15.4 Å². The fraction of sp³-hybridized carbons (Fsp3) is 0.500. The minimum Gasteiger partial charge on any atom is -0.493 e. The van der Waals surface area contributed by atoms with Crippen LogP contribution >= 0.6 is 12.4 Å². The van der Waals surface area contributed by atoms with Crippen LogP contribution in [0.2, 0.25) is 0 Å². The Morgan fingerprint density at radius 2 is 1.82 bits per heavy atom. The molecule has 1 amide bonds. The molecular formula is C14H23ClN2O4S. The number of nitrogens with one attached hydrogen (secondary N) is 2. The highest BCUT2D eigenvalue weighted by atomic mass is 35.5. The second kappa shape index (κ2) is 10.4. The van der Waals surface area contributed by atoms with E-state index in [2.05, 4.69) is 10.6 Å². The number of hydrogen-bond acceptors (Lipinski definition) is 5. The number of benzene rings is 1. The summed E-state index contributed by atoms with van der Waals surface area (Å²) in [5.41, 5.74) is 0. The van der Waals surface area contributed by atoms with Gasteiger partial charge in [0.15, 0.2) is 9.84 Å². The molecule has 0 aliphatic heterocycles. The molecule has 0 saturated carbocycles. The third kappa shape index (κ3) is 8.21. The van der Waals surface area contributed by atoms with Crippen LogP contribution in [0.1, 0.15) is 13.3 Å². The summed E-state index contributed by atoms with van der Waals surface area (Å²) in [5.74, 6) is 0.475. The summed E-state index contributed by atoms with van der Waals surface area (Å²) in [6.45, 7) is 4.48. The second-order valence-electron chi connectivity index (χ2n) is 4.55. The van der Waals surface area contributed by atoms with Gasteiger partial charge in [0, 0.05) is 19.3 Å². The van der Waals surface area contributed by atoms with E-state index in [-0.39, 0.29) is 36.2 Å². The first-order chi connectivity index (χ1) is 9.93. The lowest BCUT2D eigenvalue weighted by Crippen LogP contribution is -2.32. The van der Waals surface area contributed by atoms with Crippen LogP contribution in [0.3, 0.4) is 0 Å². The van der Waals surface area contributed by atoms with Gasteiger partial charge in [-0.1, -0.05) is 6.92 Å². The van der Waals surface area contributed by atoms with Crippen molar-refractivity contribution in [2.24, 2.45) is 0 Å². The molecule has 126 valence electrons. The van der Waals surface area contributed by atoms with Crippen LogP contribution in [-0.4, -0.2) is 46.8 Å². The first kappa shape index (κ1) is 20.7. The molecule has 6 nitrogen and oxygen atoms in total. The van der Waals surface area contributed by atoms with Crippen LogP contribution in [0.15, 0.2) is 29.2 Å². The zero-order valence-electron chi connectivity index (χ0n) is 12.8. The van der Waals surface area contributed by atoms with Crippen LogP contribution in [0.4, 0.5) is 0 Å². The maximum Gasteiger partial charge on any atom is 0.223 e. The molecule has 1 aromatic rings. The van der Waals surface area contributed by atoms with Crippen LogP contribution in [-0.2, 0) is 14.6 Å². The molecule has 2 N–H and O–H groups in total. The zero-order chi connectivity index (χ0) is 15.7. The molecule has 0 saturated heterocycles. The molecule has 0 fully saturated rings. The van der Waals surface area contributed by atoms with Crippen molar-refractivity contribution in [3.05, 3.63) is 24.3 Å². The van der Waals surface area contributed by atoms with Crippen LogP contribution in [0.5, 0.6) is 5.75 Å². The van der Waals surface area contributed by atoms with Gasteiger partial charge in [-0.25, -0.2) is 8.42 Å². The van der Waals surface area contributed by atoms with Crippen LogP contribution in [0, 0.1) is 0 Å². The molecule has 0 aliphatic rings. The van der Waals surface area contributed by atoms with E-state index < -0.39 is 9.84 Å². The first-order valence-electron chi connectivity index (χ1n) is 6.84. The van der Waals surface area contributed by atoms with Gasteiger partial charge in [0.25, 0.3) is 0 Å². The van der Waals surface area contributed by atoms with E-state index in [0.717, 1.165) is 19.3 Å². The van der Waals surface area contributed by atoms with Crippen molar-refractivity contribution in [2.45, 2.75) is 18.2 Å². The van der Waals surface area contributed by atoms with Crippen molar-refractivity contribution < 1.29 is 17.9 Å². The second-order valence-corrected chi connectivity index (χ2v) is 6.56. The molecule has 0 spiro atoms. The largest absolute Gasteiger partial charge is 0.493 e. The average molecular weight is 351 g/mol. The minimum absolute atomic E-state index is 0. The van der Waals surface area contributed by atoms with Crippen molar-refractivity contribution in [3.8, 4) is 5.75 Å². The molecule has 0 atom stereocenters. The third-order valence-corrected chi connectivity index (χ3v) is 3.85. The van der Waals surface area contributed by atoms with Crippen molar-refractivity contribution in [1.29, 1.82) is 0 Å². The quantitative estimate of drug-likeness (QED) is 0.649. The monoisotopic (exact) mass is 350 g/mol. The molecule has 0 aliphatic carbocycles. The zero-order valence-corrected chi connectivity index (χ0v) is 14.4. The van der Waals surface area contributed by atoms with Gasteiger partial charge in [0.05, 0.1) is 17.9 Å². The molecule has 1 aromatic carbocycles. The summed E-state index contributed by atoms with van der Waals surface area (Å²) < 4.78 is 28.0. The molecule has 0 radical (unpaired) electrons. The van der Waals surface area contributed by atoms with Gasteiger partial charge in [-0.05, 0) is 30.8 Å². The smallest absolute Gasteiger partial charge is 0.223 e. The van der Waals surface area contributed by atoms with Gasteiger partial charge in [-0.3, -0.25) is 4.79 Å². The Hall–Kier alpha value is -1.31. The number of carbonyl (C=O) groups is 1. The summed E-state index contributed by atoms with van der Waals surface area (Å²) >= 11 is 0. The van der Waals surface area contributed by atoms with E-state index in [9.17, 15) is 13.2 Å². The van der Waals surface area contributed by atoms with Gasteiger partial charge < -0.3 is 15.4 Å². The number of carbonyl (C=O) groups excluding carboxylic acids is 1. The molecular weight excluding hydrogens is 328 g/mol. The molecule has 8 heteroatoms. The van der Waals surface area contributed by atoms with Gasteiger partial charge in [0.1, 0.15) is 5.75 Å². The molecule has 0 unspecified atom stereocenters. The van der Waals surface area contributed by atoms with Gasteiger partial charge >= 0.3 is 0 Å². The van der Waals surface area contributed by atoms with Gasteiger partial charge in [-0.15, -0.1) is 12.4 Å². The van der Waals surface area contributed by atoms with Gasteiger partial charge in [0.2, 0.25) is 5.91 Å². The third-order valence-electron chi connectivity index (χ3n) is 2.72. The Morgan fingerprint density at radius 1 is 1.18 bits per heavy atom. The van der Waals surface area contributed by atoms with Crippen LogP contribution in [0.25, 0.3) is 0 Å². The summed E-state index contributed by atoms with van der Waals surface area (Å²) in [5, 5.41) is 5.88. The Kier molecular flexibility index (Phi) is 9.80. The van der Waals surface area contributed by atoms with E-state index >= 15 is 0 Å². The fourth-order valence-corrected chi connectivity index (χ4v) is 2.23. The lowest BCUT2D eigenvalue weighted by molar-refractivity contribution is -0.121. The van der Waals surface area contributed by atoms with Crippen molar-refractivity contribution in [2.75, 3.05) is 32.5 Å². The van der Waals surface area contributed by atoms with E-state index in [1.54, 1.807) is 12.1 Å².